The number of aromatic nitrogens is 3. The molecule has 0 fully saturated rings. The Bertz CT molecular complexity index is 545. The van der Waals surface area contributed by atoms with Crippen LogP contribution in [0.2, 0.25) is 0 Å². The molecule has 0 aromatic carbocycles. The van der Waals surface area contributed by atoms with Crippen LogP contribution in [0.25, 0.3) is 11.3 Å². The first-order valence-corrected chi connectivity index (χ1v) is 7.42. The summed E-state index contributed by atoms with van der Waals surface area (Å²) in [6, 6.07) is 7.54. The summed E-state index contributed by atoms with van der Waals surface area (Å²) < 4.78 is 0. The molecule has 2 aromatic rings. The molecule has 0 saturated carbocycles. The molecular formula is C14H16N4OS. The van der Waals surface area contributed by atoms with Gasteiger partial charge in [-0.3, -0.25) is 9.78 Å². The van der Waals surface area contributed by atoms with E-state index in [9.17, 15) is 4.79 Å². The van der Waals surface area contributed by atoms with Crippen LogP contribution < -0.4 is 5.32 Å². The second-order valence-electron chi connectivity index (χ2n) is 4.14. The third-order valence-corrected chi connectivity index (χ3v) is 3.44. The minimum absolute atomic E-state index is 0.0231. The Kier molecular flexibility index (Phi) is 5.49. The number of nitrogens with zero attached hydrogens (tertiary/aromatic N) is 3. The Morgan fingerprint density at radius 1 is 1.30 bits per heavy atom. The fourth-order valence-electron chi connectivity index (χ4n) is 1.52. The van der Waals surface area contributed by atoms with E-state index in [-0.39, 0.29) is 5.91 Å². The molecule has 0 aliphatic heterocycles. The van der Waals surface area contributed by atoms with Gasteiger partial charge in [0.1, 0.15) is 5.03 Å². The molecule has 0 unspecified atom stereocenters. The monoisotopic (exact) mass is 288 g/mol. The lowest BCUT2D eigenvalue weighted by molar-refractivity contribution is -0.118. The SMILES string of the molecule is CCCNC(=O)CSc1ccc(-c2cccnc2)nn1. The summed E-state index contributed by atoms with van der Waals surface area (Å²) in [5.74, 6) is 0.385. The van der Waals surface area contributed by atoms with Crippen molar-refractivity contribution in [3.63, 3.8) is 0 Å². The molecule has 0 radical (unpaired) electrons. The highest BCUT2D eigenvalue weighted by Gasteiger charge is 2.04. The van der Waals surface area contributed by atoms with Crippen molar-refractivity contribution in [3.8, 4) is 11.3 Å². The van der Waals surface area contributed by atoms with Gasteiger partial charge in [-0.15, -0.1) is 10.2 Å². The van der Waals surface area contributed by atoms with Gasteiger partial charge in [-0.05, 0) is 30.7 Å². The zero-order chi connectivity index (χ0) is 14.2. The van der Waals surface area contributed by atoms with Crippen molar-refractivity contribution < 1.29 is 4.79 Å². The molecule has 1 N–H and O–H groups in total. The highest BCUT2D eigenvalue weighted by molar-refractivity contribution is 7.99. The second-order valence-corrected chi connectivity index (χ2v) is 5.13. The fraction of sp³-hybridized carbons (Fsp3) is 0.286. The largest absolute Gasteiger partial charge is 0.355 e. The fourth-order valence-corrected chi connectivity index (χ4v) is 2.16. The van der Waals surface area contributed by atoms with E-state index in [1.54, 1.807) is 12.4 Å². The topological polar surface area (TPSA) is 67.8 Å². The summed E-state index contributed by atoms with van der Waals surface area (Å²) in [7, 11) is 0. The van der Waals surface area contributed by atoms with Gasteiger partial charge < -0.3 is 5.32 Å². The lowest BCUT2D eigenvalue weighted by Crippen LogP contribution is -2.25. The summed E-state index contributed by atoms with van der Waals surface area (Å²) in [6.45, 7) is 2.74. The molecule has 0 aliphatic carbocycles. The van der Waals surface area contributed by atoms with Crippen molar-refractivity contribution >= 4 is 17.7 Å². The van der Waals surface area contributed by atoms with Crippen molar-refractivity contribution in [3.05, 3.63) is 36.7 Å². The van der Waals surface area contributed by atoms with Gasteiger partial charge in [0.05, 0.1) is 11.4 Å². The molecule has 5 nitrogen and oxygen atoms in total. The molecule has 0 atom stereocenters. The molecule has 0 spiro atoms. The maximum absolute atomic E-state index is 11.5. The summed E-state index contributed by atoms with van der Waals surface area (Å²) in [4.78, 5) is 15.5. The van der Waals surface area contributed by atoms with E-state index in [1.807, 2.05) is 31.2 Å². The van der Waals surface area contributed by atoms with Crippen molar-refractivity contribution in [1.29, 1.82) is 0 Å². The standard InChI is InChI=1S/C14H16N4OS/c1-2-7-16-13(19)10-20-14-6-5-12(17-18-14)11-4-3-8-15-9-11/h3-6,8-9H,2,7,10H2,1H3,(H,16,19). The quantitative estimate of drug-likeness (QED) is 0.825. The van der Waals surface area contributed by atoms with Gasteiger partial charge in [0.15, 0.2) is 0 Å². The third kappa shape index (κ3) is 4.31. The van der Waals surface area contributed by atoms with Crippen LogP contribution in [-0.2, 0) is 4.79 Å². The average molecular weight is 288 g/mol. The normalized spacial score (nSPS) is 10.2. The summed E-state index contributed by atoms with van der Waals surface area (Å²) in [5.41, 5.74) is 1.70. The number of hydrogen-bond acceptors (Lipinski definition) is 5. The zero-order valence-electron chi connectivity index (χ0n) is 11.2. The molecule has 0 saturated heterocycles. The maximum atomic E-state index is 11.5. The van der Waals surface area contributed by atoms with Crippen LogP contribution in [0.5, 0.6) is 0 Å². The van der Waals surface area contributed by atoms with E-state index in [2.05, 4.69) is 20.5 Å². The molecule has 0 aliphatic rings. The summed E-state index contributed by atoms with van der Waals surface area (Å²) >= 11 is 1.38. The van der Waals surface area contributed by atoms with Crippen molar-refractivity contribution in [2.24, 2.45) is 0 Å². The van der Waals surface area contributed by atoms with Gasteiger partial charge in [0.25, 0.3) is 0 Å². The van der Waals surface area contributed by atoms with Crippen molar-refractivity contribution in [2.75, 3.05) is 12.3 Å². The van der Waals surface area contributed by atoms with E-state index < -0.39 is 0 Å². The van der Waals surface area contributed by atoms with Crippen LogP contribution in [0.4, 0.5) is 0 Å². The second kappa shape index (κ2) is 7.59. The number of carbonyl (C=O) groups excluding carboxylic acids is 1. The van der Waals surface area contributed by atoms with Crippen LogP contribution >= 0.6 is 11.8 Å². The molecular weight excluding hydrogens is 272 g/mol. The number of hydrogen-bond donors (Lipinski definition) is 1. The van der Waals surface area contributed by atoms with E-state index in [0.29, 0.717) is 12.3 Å². The van der Waals surface area contributed by atoms with Crippen molar-refractivity contribution in [1.82, 2.24) is 20.5 Å². The van der Waals surface area contributed by atoms with Crippen molar-refractivity contribution in [2.45, 2.75) is 18.4 Å². The van der Waals surface area contributed by atoms with Crippen LogP contribution in [-0.4, -0.2) is 33.4 Å². The van der Waals surface area contributed by atoms with Crippen LogP contribution in [0.3, 0.4) is 0 Å². The lowest BCUT2D eigenvalue weighted by atomic mass is 10.2. The van der Waals surface area contributed by atoms with Crippen LogP contribution in [0, 0.1) is 0 Å². The minimum Gasteiger partial charge on any atom is -0.355 e. The molecule has 1 amide bonds. The predicted molar refractivity (Wildman–Crippen MR) is 79.3 cm³/mol. The molecule has 104 valence electrons. The predicted octanol–water partition coefficient (Wildman–Crippen LogP) is 2.16. The Morgan fingerprint density at radius 2 is 2.20 bits per heavy atom. The zero-order valence-corrected chi connectivity index (χ0v) is 12.1. The first-order valence-electron chi connectivity index (χ1n) is 6.43. The Balaban J connectivity index is 1.90. The maximum Gasteiger partial charge on any atom is 0.230 e. The molecule has 20 heavy (non-hydrogen) atoms. The van der Waals surface area contributed by atoms with Gasteiger partial charge in [-0.25, -0.2) is 0 Å². The van der Waals surface area contributed by atoms with Gasteiger partial charge in [-0.2, -0.15) is 0 Å². The summed E-state index contributed by atoms with van der Waals surface area (Å²) in [5, 5.41) is 11.8. The molecule has 2 rings (SSSR count). The Morgan fingerprint density at radius 3 is 2.85 bits per heavy atom. The molecule has 2 heterocycles. The highest BCUT2D eigenvalue weighted by atomic mass is 32.2. The first kappa shape index (κ1) is 14.5. The first-order chi connectivity index (χ1) is 9.79. The van der Waals surface area contributed by atoms with Gasteiger partial charge in [-0.1, -0.05) is 18.7 Å². The minimum atomic E-state index is 0.0231. The van der Waals surface area contributed by atoms with E-state index >= 15 is 0 Å². The summed E-state index contributed by atoms with van der Waals surface area (Å²) in [6.07, 6.45) is 4.40. The van der Waals surface area contributed by atoms with Crippen LogP contribution in [0.15, 0.2) is 41.7 Å². The highest BCUT2D eigenvalue weighted by Crippen LogP contribution is 2.18. The van der Waals surface area contributed by atoms with Gasteiger partial charge in [0, 0.05) is 24.5 Å². The van der Waals surface area contributed by atoms with E-state index in [1.165, 1.54) is 11.8 Å². The van der Waals surface area contributed by atoms with E-state index in [4.69, 9.17) is 0 Å². The Hall–Kier alpha value is -1.95. The van der Waals surface area contributed by atoms with Crippen LogP contribution in [0.1, 0.15) is 13.3 Å². The molecule has 0 bridgehead atoms. The molecule has 6 heteroatoms. The van der Waals surface area contributed by atoms with Gasteiger partial charge >= 0.3 is 0 Å². The van der Waals surface area contributed by atoms with E-state index in [0.717, 1.165) is 22.7 Å². The molecule has 2 aromatic heterocycles. The lowest BCUT2D eigenvalue weighted by Gasteiger charge is -2.03. The smallest absolute Gasteiger partial charge is 0.230 e. The number of thioether (sulfide) groups is 1. The number of nitrogens with one attached hydrogen (secondary N) is 1. The third-order valence-electron chi connectivity index (χ3n) is 2.52. The number of rotatable bonds is 6. The number of amides is 1. The average Bonchev–Trinajstić information content (AvgIpc) is 2.52. The number of pyridine rings is 1. The Labute approximate surface area is 122 Å². The van der Waals surface area contributed by atoms with Gasteiger partial charge in [0.2, 0.25) is 5.91 Å². The number of carbonyl (C=O) groups is 1.